The average molecular weight is 274 g/mol. The summed E-state index contributed by atoms with van der Waals surface area (Å²) in [5.74, 6) is 0. The highest BCUT2D eigenvalue weighted by Crippen LogP contribution is 2.32. The van der Waals surface area contributed by atoms with Crippen LogP contribution in [0, 0.1) is 0 Å². The lowest BCUT2D eigenvalue weighted by atomic mass is 9.96. The number of benzene rings is 1. The van der Waals surface area contributed by atoms with E-state index in [0.29, 0.717) is 5.02 Å². The number of rotatable bonds is 3. The van der Waals surface area contributed by atoms with Gasteiger partial charge in [0.25, 0.3) is 0 Å². The molecule has 2 nitrogen and oxygen atoms in total. The maximum atomic E-state index is 6.23. The molecule has 1 heterocycles. The van der Waals surface area contributed by atoms with Crippen molar-refractivity contribution in [1.82, 2.24) is 5.32 Å². The molecule has 0 radical (unpaired) electrons. The number of likely N-dealkylation sites (N-methyl/N-ethyl adjacent to an activating group) is 1. The Labute approximate surface area is 112 Å². The second-order valence-electron chi connectivity index (χ2n) is 4.34. The van der Waals surface area contributed by atoms with Crippen LogP contribution in [-0.4, -0.2) is 19.8 Å². The van der Waals surface area contributed by atoms with Crippen molar-refractivity contribution in [3.63, 3.8) is 0 Å². The zero-order chi connectivity index (χ0) is 12.3. The Balaban J connectivity index is 2.24. The molecule has 0 spiro atoms. The second-order valence-corrected chi connectivity index (χ2v) is 5.18. The van der Waals surface area contributed by atoms with Crippen LogP contribution in [0.4, 0.5) is 0 Å². The van der Waals surface area contributed by atoms with Crippen LogP contribution in [0.1, 0.15) is 30.9 Å². The molecule has 17 heavy (non-hydrogen) atoms. The fourth-order valence-electron chi connectivity index (χ4n) is 2.32. The lowest BCUT2D eigenvalue weighted by Crippen LogP contribution is -2.34. The molecule has 94 valence electrons. The molecule has 1 N–H and O–H groups in total. The number of hydrogen-bond donors (Lipinski definition) is 1. The van der Waals surface area contributed by atoms with Crippen LogP contribution in [0.2, 0.25) is 10.0 Å². The zero-order valence-corrected chi connectivity index (χ0v) is 11.4. The second kappa shape index (κ2) is 6.05. The molecule has 1 aliphatic rings. The van der Waals surface area contributed by atoms with Gasteiger partial charge in [-0.3, -0.25) is 0 Å². The fraction of sp³-hybridized carbons (Fsp3) is 0.538. The molecule has 0 saturated carbocycles. The van der Waals surface area contributed by atoms with E-state index in [9.17, 15) is 0 Å². The molecule has 0 aliphatic carbocycles. The molecule has 1 fully saturated rings. The summed E-state index contributed by atoms with van der Waals surface area (Å²) in [6.07, 6.45) is 3.61. The van der Waals surface area contributed by atoms with E-state index >= 15 is 0 Å². The van der Waals surface area contributed by atoms with Crippen molar-refractivity contribution in [3.05, 3.63) is 33.8 Å². The van der Waals surface area contributed by atoms with Gasteiger partial charge in [-0.2, -0.15) is 0 Å². The van der Waals surface area contributed by atoms with E-state index in [1.807, 2.05) is 25.2 Å². The van der Waals surface area contributed by atoms with Gasteiger partial charge < -0.3 is 10.1 Å². The van der Waals surface area contributed by atoms with E-state index in [1.165, 1.54) is 6.42 Å². The summed E-state index contributed by atoms with van der Waals surface area (Å²) in [6, 6.07) is 5.68. The monoisotopic (exact) mass is 273 g/mol. The smallest absolute Gasteiger partial charge is 0.0770 e. The number of nitrogens with one attached hydrogen (secondary N) is 1. The zero-order valence-electron chi connectivity index (χ0n) is 9.88. The third-order valence-corrected chi connectivity index (χ3v) is 3.77. The first-order valence-electron chi connectivity index (χ1n) is 5.96. The third-order valence-electron chi connectivity index (χ3n) is 3.19. The predicted octanol–water partition coefficient (Wildman–Crippen LogP) is 3.82. The Morgan fingerprint density at radius 1 is 1.35 bits per heavy atom. The highest BCUT2D eigenvalue weighted by molar-refractivity contribution is 6.33. The van der Waals surface area contributed by atoms with E-state index in [1.54, 1.807) is 0 Å². The number of ether oxygens (including phenoxy) is 1. The van der Waals surface area contributed by atoms with Crippen LogP contribution in [0.15, 0.2) is 18.2 Å². The molecule has 1 aliphatic heterocycles. The average Bonchev–Trinajstić information content (AvgIpc) is 2.36. The maximum absolute atomic E-state index is 6.23. The Kier molecular flexibility index (Phi) is 4.69. The summed E-state index contributed by atoms with van der Waals surface area (Å²) in [5.41, 5.74) is 1.02. The van der Waals surface area contributed by atoms with Crippen LogP contribution in [0.25, 0.3) is 0 Å². The summed E-state index contributed by atoms with van der Waals surface area (Å²) < 4.78 is 5.82. The van der Waals surface area contributed by atoms with E-state index in [-0.39, 0.29) is 12.1 Å². The summed E-state index contributed by atoms with van der Waals surface area (Å²) in [6.45, 7) is 0.834. The molecule has 0 bridgehead atoms. The molecular formula is C13H17Cl2NO. The first-order valence-corrected chi connectivity index (χ1v) is 6.72. The summed E-state index contributed by atoms with van der Waals surface area (Å²) in [7, 11) is 1.93. The SMILES string of the molecule is CNC(c1cc(Cl)ccc1Cl)C1CCCCO1. The molecule has 4 heteroatoms. The van der Waals surface area contributed by atoms with Crippen LogP contribution in [0.5, 0.6) is 0 Å². The summed E-state index contributed by atoms with van der Waals surface area (Å²) in [5, 5.41) is 4.74. The quantitative estimate of drug-likeness (QED) is 0.904. The molecule has 0 aromatic heterocycles. The topological polar surface area (TPSA) is 21.3 Å². The molecule has 1 saturated heterocycles. The molecule has 0 amide bonds. The van der Waals surface area contributed by atoms with Crippen molar-refractivity contribution < 1.29 is 4.74 Å². The van der Waals surface area contributed by atoms with E-state index < -0.39 is 0 Å². The fourth-order valence-corrected chi connectivity index (χ4v) is 2.74. The van der Waals surface area contributed by atoms with Crippen molar-refractivity contribution in [1.29, 1.82) is 0 Å². The van der Waals surface area contributed by atoms with Crippen molar-refractivity contribution in [3.8, 4) is 0 Å². The van der Waals surface area contributed by atoms with Gasteiger partial charge in [0.2, 0.25) is 0 Å². The largest absolute Gasteiger partial charge is 0.376 e. The highest BCUT2D eigenvalue weighted by Gasteiger charge is 2.26. The normalized spacial score (nSPS) is 22.4. The summed E-state index contributed by atoms with van der Waals surface area (Å²) >= 11 is 12.3. The molecule has 1 aromatic carbocycles. The Hall–Kier alpha value is -0.280. The van der Waals surface area contributed by atoms with Gasteiger partial charge in [-0.1, -0.05) is 23.2 Å². The van der Waals surface area contributed by atoms with Crippen molar-refractivity contribution >= 4 is 23.2 Å². The van der Waals surface area contributed by atoms with Crippen LogP contribution < -0.4 is 5.32 Å². The molecule has 2 atom stereocenters. The van der Waals surface area contributed by atoms with Crippen LogP contribution in [-0.2, 0) is 4.74 Å². The maximum Gasteiger partial charge on any atom is 0.0770 e. The van der Waals surface area contributed by atoms with E-state index in [0.717, 1.165) is 30.0 Å². The predicted molar refractivity (Wildman–Crippen MR) is 71.9 cm³/mol. The van der Waals surface area contributed by atoms with Gasteiger partial charge in [0.05, 0.1) is 12.1 Å². The van der Waals surface area contributed by atoms with Gasteiger partial charge in [0.1, 0.15) is 0 Å². The Bertz CT molecular complexity index is 378. The molecule has 1 aromatic rings. The highest BCUT2D eigenvalue weighted by atomic mass is 35.5. The minimum absolute atomic E-state index is 0.112. The lowest BCUT2D eigenvalue weighted by molar-refractivity contribution is -0.00659. The third kappa shape index (κ3) is 3.14. The molecular weight excluding hydrogens is 257 g/mol. The number of halogens is 2. The minimum Gasteiger partial charge on any atom is -0.376 e. The Morgan fingerprint density at radius 2 is 2.18 bits per heavy atom. The van der Waals surface area contributed by atoms with Gasteiger partial charge in [-0.15, -0.1) is 0 Å². The van der Waals surface area contributed by atoms with Gasteiger partial charge in [0, 0.05) is 16.7 Å². The summed E-state index contributed by atoms with van der Waals surface area (Å²) in [4.78, 5) is 0. The van der Waals surface area contributed by atoms with Crippen LogP contribution >= 0.6 is 23.2 Å². The van der Waals surface area contributed by atoms with Gasteiger partial charge in [-0.25, -0.2) is 0 Å². The lowest BCUT2D eigenvalue weighted by Gasteiger charge is -2.31. The van der Waals surface area contributed by atoms with E-state index in [4.69, 9.17) is 27.9 Å². The van der Waals surface area contributed by atoms with Gasteiger partial charge in [0.15, 0.2) is 0 Å². The number of hydrogen-bond acceptors (Lipinski definition) is 2. The standard InChI is InChI=1S/C13H17Cl2NO/c1-16-13(12-4-2-3-7-17-12)10-8-9(14)5-6-11(10)15/h5-6,8,12-13,16H,2-4,7H2,1H3. The first-order chi connectivity index (χ1) is 8.22. The minimum atomic E-state index is 0.112. The van der Waals surface area contributed by atoms with Gasteiger partial charge >= 0.3 is 0 Å². The van der Waals surface area contributed by atoms with Gasteiger partial charge in [-0.05, 0) is 50.1 Å². The van der Waals surface area contributed by atoms with Crippen molar-refractivity contribution in [2.75, 3.05) is 13.7 Å². The van der Waals surface area contributed by atoms with Crippen LogP contribution in [0.3, 0.4) is 0 Å². The van der Waals surface area contributed by atoms with E-state index in [2.05, 4.69) is 5.32 Å². The first kappa shape index (κ1) is 13.2. The van der Waals surface area contributed by atoms with Crippen molar-refractivity contribution in [2.45, 2.75) is 31.4 Å². The van der Waals surface area contributed by atoms with Crippen molar-refractivity contribution in [2.24, 2.45) is 0 Å². The molecule has 2 rings (SSSR count). The Morgan fingerprint density at radius 3 is 2.82 bits per heavy atom. The molecule has 2 unspecified atom stereocenters.